The molecule has 1 aliphatic carbocycles. The summed E-state index contributed by atoms with van der Waals surface area (Å²) in [5.74, 6) is -0.888. The summed E-state index contributed by atoms with van der Waals surface area (Å²) < 4.78 is 1.84. The number of carboxylic acid groups (broad SMARTS) is 1. The van der Waals surface area contributed by atoms with Gasteiger partial charge in [0.05, 0.1) is 34.9 Å². The van der Waals surface area contributed by atoms with Crippen LogP contribution in [0.4, 0.5) is 0 Å². The number of para-hydroxylation sites is 1. The van der Waals surface area contributed by atoms with Gasteiger partial charge in [-0.3, -0.25) is 4.79 Å². The van der Waals surface area contributed by atoms with E-state index >= 15 is 0 Å². The lowest BCUT2D eigenvalue weighted by atomic mass is 10.1. The van der Waals surface area contributed by atoms with Crippen LogP contribution in [-0.4, -0.2) is 31.7 Å². The van der Waals surface area contributed by atoms with Gasteiger partial charge in [-0.05, 0) is 38.8 Å². The fraction of sp³-hybridized carbons (Fsp3) is 0.300. The number of carboxylic acids is 1. The molecule has 1 aliphatic rings. The van der Waals surface area contributed by atoms with Gasteiger partial charge in [-0.2, -0.15) is 5.10 Å². The fourth-order valence-electron chi connectivity index (χ4n) is 3.19. The minimum atomic E-state index is -1.00. The van der Waals surface area contributed by atoms with E-state index in [9.17, 15) is 14.7 Å². The zero-order chi connectivity index (χ0) is 19.8. The van der Waals surface area contributed by atoms with Gasteiger partial charge in [-0.15, -0.1) is 11.3 Å². The van der Waals surface area contributed by atoms with Gasteiger partial charge in [0.1, 0.15) is 9.88 Å². The zero-order valence-electron chi connectivity index (χ0n) is 15.5. The van der Waals surface area contributed by atoms with Gasteiger partial charge >= 0.3 is 5.97 Å². The van der Waals surface area contributed by atoms with Gasteiger partial charge in [-0.1, -0.05) is 18.2 Å². The zero-order valence-corrected chi connectivity index (χ0v) is 16.4. The normalized spacial score (nSPS) is 14.6. The Bertz CT molecular complexity index is 1040. The van der Waals surface area contributed by atoms with Crippen molar-refractivity contribution < 1.29 is 14.7 Å². The highest BCUT2D eigenvalue weighted by Gasteiger charge is 2.33. The summed E-state index contributed by atoms with van der Waals surface area (Å²) in [7, 11) is 0. The average molecular weight is 396 g/mol. The third-order valence-corrected chi connectivity index (χ3v) is 6.07. The van der Waals surface area contributed by atoms with E-state index in [1.165, 1.54) is 0 Å². The molecule has 0 aliphatic heterocycles. The van der Waals surface area contributed by atoms with Crippen molar-refractivity contribution in [3.63, 3.8) is 0 Å². The molecule has 1 aromatic carbocycles. The lowest BCUT2D eigenvalue weighted by Gasteiger charge is -2.12. The summed E-state index contributed by atoms with van der Waals surface area (Å²) >= 11 is 1.09. The highest BCUT2D eigenvalue weighted by atomic mass is 32.1. The summed E-state index contributed by atoms with van der Waals surface area (Å²) in [5.41, 5.74) is 2.88. The van der Waals surface area contributed by atoms with Crippen LogP contribution >= 0.6 is 11.3 Å². The molecule has 0 bridgehead atoms. The number of aryl methyl sites for hydroxylation is 1. The van der Waals surface area contributed by atoms with Crippen molar-refractivity contribution in [2.45, 2.75) is 38.6 Å². The Morgan fingerprint density at radius 3 is 2.61 bits per heavy atom. The smallest absolute Gasteiger partial charge is 0.347 e. The highest BCUT2D eigenvalue weighted by molar-refractivity contribution is 7.13. The average Bonchev–Trinajstić information content (AvgIpc) is 3.28. The van der Waals surface area contributed by atoms with Crippen LogP contribution in [0.5, 0.6) is 0 Å². The Labute approximate surface area is 166 Å². The molecule has 2 heterocycles. The highest BCUT2D eigenvalue weighted by Crippen LogP contribution is 2.42. The number of carbonyl (C=O) groups excluding carboxylic acids is 1. The third kappa shape index (κ3) is 3.43. The predicted octanol–water partition coefficient (Wildman–Crippen LogP) is 3.70. The predicted molar refractivity (Wildman–Crippen MR) is 105 cm³/mol. The minimum Gasteiger partial charge on any atom is -0.477 e. The van der Waals surface area contributed by atoms with Crippen molar-refractivity contribution in [3.8, 4) is 5.69 Å². The molecule has 8 heteroatoms. The van der Waals surface area contributed by atoms with E-state index in [0.717, 1.165) is 35.6 Å². The molecule has 1 amide bonds. The number of rotatable bonds is 6. The summed E-state index contributed by atoms with van der Waals surface area (Å²) in [6.07, 6.45) is 3.70. The molecule has 2 aromatic heterocycles. The lowest BCUT2D eigenvalue weighted by Crippen LogP contribution is -2.27. The number of nitrogens with zero attached hydrogens (tertiary/aromatic N) is 3. The number of hydrogen-bond donors (Lipinski definition) is 2. The molecule has 2 N–H and O–H groups in total. The van der Waals surface area contributed by atoms with Crippen LogP contribution in [-0.2, 0) is 0 Å². The maximum Gasteiger partial charge on any atom is 0.347 e. The Morgan fingerprint density at radius 1 is 1.29 bits per heavy atom. The number of benzene rings is 1. The fourth-order valence-corrected chi connectivity index (χ4v) is 4.10. The third-order valence-electron chi connectivity index (χ3n) is 4.74. The number of thiazole rings is 1. The SMILES string of the molecule is Cc1nc(C(C)NC(=O)c2cnn(-c3ccccc3)c2C2CC2)sc1C(=O)O. The second-order valence-electron chi connectivity index (χ2n) is 6.93. The number of nitrogens with one attached hydrogen (secondary N) is 1. The van der Waals surface area contributed by atoms with E-state index in [-0.39, 0.29) is 10.8 Å². The molecule has 4 rings (SSSR count). The molecule has 0 spiro atoms. The van der Waals surface area contributed by atoms with E-state index in [4.69, 9.17) is 0 Å². The molecule has 1 fully saturated rings. The van der Waals surface area contributed by atoms with Gasteiger partial charge in [0.2, 0.25) is 0 Å². The molecule has 144 valence electrons. The van der Waals surface area contributed by atoms with Crippen LogP contribution in [0.2, 0.25) is 0 Å². The maximum absolute atomic E-state index is 12.9. The Balaban J connectivity index is 1.59. The number of hydrogen-bond acceptors (Lipinski definition) is 5. The van der Waals surface area contributed by atoms with Crippen molar-refractivity contribution in [1.82, 2.24) is 20.1 Å². The van der Waals surface area contributed by atoms with Crippen molar-refractivity contribution in [2.24, 2.45) is 0 Å². The molecule has 1 unspecified atom stereocenters. The first-order valence-corrected chi connectivity index (χ1v) is 9.92. The van der Waals surface area contributed by atoms with E-state index in [1.54, 1.807) is 20.0 Å². The maximum atomic E-state index is 12.9. The first kappa shape index (κ1) is 18.4. The monoisotopic (exact) mass is 396 g/mol. The first-order chi connectivity index (χ1) is 13.5. The van der Waals surface area contributed by atoms with Crippen molar-refractivity contribution in [1.29, 1.82) is 0 Å². The van der Waals surface area contributed by atoms with Crippen LogP contribution in [0.1, 0.15) is 68.2 Å². The number of amides is 1. The van der Waals surface area contributed by atoms with Crippen LogP contribution in [0, 0.1) is 6.92 Å². The minimum absolute atomic E-state index is 0.201. The van der Waals surface area contributed by atoms with Crippen molar-refractivity contribution in [2.75, 3.05) is 0 Å². The molecular formula is C20H20N4O3S. The summed E-state index contributed by atoms with van der Waals surface area (Å²) in [4.78, 5) is 28.7. The van der Waals surface area contributed by atoms with E-state index in [0.29, 0.717) is 22.2 Å². The molecular weight excluding hydrogens is 376 g/mol. The van der Waals surface area contributed by atoms with Crippen LogP contribution in [0.15, 0.2) is 36.5 Å². The van der Waals surface area contributed by atoms with Crippen LogP contribution in [0.25, 0.3) is 5.69 Å². The molecule has 28 heavy (non-hydrogen) atoms. The van der Waals surface area contributed by atoms with Gasteiger partial charge in [0.15, 0.2) is 0 Å². The summed E-state index contributed by atoms with van der Waals surface area (Å²) in [6, 6.07) is 9.38. The number of aromatic nitrogens is 3. The lowest BCUT2D eigenvalue weighted by molar-refractivity contribution is 0.0701. The molecule has 1 saturated carbocycles. The van der Waals surface area contributed by atoms with E-state index in [1.807, 2.05) is 35.0 Å². The Hall–Kier alpha value is -3.00. The van der Waals surface area contributed by atoms with Crippen LogP contribution < -0.4 is 5.32 Å². The second-order valence-corrected chi connectivity index (χ2v) is 7.96. The summed E-state index contributed by atoms with van der Waals surface area (Å²) in [5, 5.41) is 17.2. The largest absolute Gasteiger partial charge is 0.477 e. The van der Waals surface area contributed by atoms with Crippen LogP contribution in [0.3, 0.4) is 0 Å². The van der Waals surface area contributed by atoms with Crippen molar-refractivity contribution in [3.05, 3.63) is 63.4 Å². The molecule has 3 aromatic rings. The molecule has 0 saturated heterocycles. The van der Waals surface area contributed by atoms with Crippen molar-refractivity contribution >= 4 is 23.2 Å². The number of carbonyl (C=O) groups is 2. The molecule has 1 atom stereocenters. The first-order valence-electron chi connectivity index (χ1n) is 9.10. The van der Waals surface area contributed by atoms with Gasteiger partial charge in [0, 0.05) is 5.92 Å². The van der Waals surface area contributed by atoms with Gasteiger partial charge in [0.25, 0.3) is 5.91 Å². The van der Waals surface area contributed by atoms with E-state index < -0.39 is 12.0 Å². The van der Waals surface area contributed by atoms with Gasteiger partial charge < -0.3 is 10.4 Å². The second kappa shape index (κ2) is 7.20. The van der Waals surface area contributed by atoms with E-state index in [2.05, 4.69) is 15.4 Å². The standard InChI is InChI=1S/C20H20N4O3S/c1-11-17(20(26)27)28-19(23-11)12(2)22-18(25)15-10-21-24(16(15)13-8-9-13)14-6-4-3-5-7-14/h3-7,10,12-13H,8-9H2,1-2H3,(H,22,25)(H,26,27). The Morgan fingerprint density at radius 2 is 2.00 bits per heavy atom. The molecule has 7 nitrogen and oxygen atoms in total. The topological polar surface area (TPSA) is 97.1 Å². The van der Waals surface area contributed by atoms with Gasteiger partial charge in [-0.25, -0.2) is 14.5 Å². The summed E-state index contributed by atoms with van der Waals surface area (Å²) in [6.45, 7) is 3.47. The Kier molecular flexibility index (Phi) is 4.72. The number of aromatic carboxylic acids is 1. The molecule has 0 radical (unpaired) electrons. The quantitative estimate of drug-likeness (QED) is 0.662.